The molecular formula is C25H23N3O8S. The Morgan fingerprint density at radius 1 is 1.11 bits per heavy atom. The molecule has 0 aliphatic carbocycles. The lowest BCUT2D eigenvalue weighted by Crippen LogP contribution is -2.47. The van der Waals surface area contributed by atoms with Crippen LogP contribution in [0.1, 0.15) is 18.1 Å². The quantitative estimate of drug-likeness (QED) is 0.204. The third-order valence-corrected chi connectivity index (χ3v) is 7.49. The smallest absolute Gasteiger partial charge is 0.330 e. The van der Waals surface area contributed by atoms with E-state index in [0.29, 0.717) is 11.3 Å². The van der Waals surface area contributed by atoms with E-state index in [1.54, 1.807) is 38.2 Å². The number of likely N-dealkylation sites (N-methyl/N-ethyl adjacent to an activating group) is 1. The van der Waals surface area contributed by atoms with Gasteiger partial charge in [0.2, 0.25) is 0 Å². The number of benzene rings is 3. The molecule has 0 unspecified atom stereocenters. The molecule has 0 bridgehead atoms. The largest absolute Gasteiger partial charge is 0.495 e. The van der Waals surface area contributed by atoms with Crippen molar-refractivity contribution in [2.75, 3.05) is 30.4 Å². The summed E-state index contributed by atoms with van der Waals surface area (Å²) >= 11 is 0. The standard InChI is InChI=1S/C25H23N3O8S/c1-4-36-24(30)25(19-7-5-6-8-21(19)27(2)23(25)29)16-9-14-20(22(15-16)35-3)26-37(33,34)18-12-10-17(11-13-18)28(31)32/h5-15,26H,4H2,1-3H3/t25-/m1/s1. The first kappa shape index (κ1) is 25.6. The number of rotatable bonds is 8. The zero-order chi connectivity index (χ0) is 27.0. The summed E-state index contributed by atoms with van der Waals surface area (Å²) in [5, 5.41) is 10.9. The molecule has 1 aliphatic rings. The highest BCUT2D eigenvalue weighted by Crippen LogP contribution is 2.48. The predicted octanol–water partition coefficient (Wildman–Crippen LogP) is 3.23. The van der Waals surface area contributed by atoms with E-state index in [1.165, 1.54) is 30.2 Å². The first-order chi connectivity index (χ1) is 17.6. The van der Waals surface area contributed by atoms with Crippen LogP contribution >= 0.6 is 0 Å². The summed E-state index contributed by atoms with van der Waals surface area (Å²) in [6.45, 7) is 1.68. The predicted molar refractivity (Wildman–Crippen MR) is 134 cm³/mol. The summed E-state index contributed by atoms with van der Waals surface area (Å²) < 4.78 is 39.0. The van der Waals surface area contributed by atoms with Crippen LogP contribution in [0.25, 0.3) is 0 Å². The number of nitro groups is 1. The Morgan fingerprint density at radius 3 is 2.41 bits per heavy atom. The number of nitrogens with zero attached hydrogens (tertiary/aromatic N) is 2. The number of para-hydroxylation sites is 1. The van der Waals surface area contributed by atoms with E-state index in [9.17, 15) is 28.1 Å². The molecule has 0 saturated carbocycles. The Hall–Kier alpha value is -4.45. The Kier molecular flexibility index (Phi) is 6.61. The lowest BCUT2D eigenvalue weighted by atomic mass is 9.75. The number of hydrogen-bond donors (Lipinski definition) is 1. The van der Waals surface area contributed by atoms with Crippen LogP contribution in [0.15, 0.2) is 71.6 Å². The van der Waals surface area contributed by atoms with Gasteiger partial charge in [0.15, 0.2) is 5.41 Å². The molecular weight excluding hydrogens is 502 g/mol. The van der Waals surface area contributed by atoms with Gasteiger partial charge in [0.1, 0.15) is 5.75 Å². The van der Waals surface area contributed by atoms with Crippen LogP contribution in [-0.4, -0.2) is 46.0 Å². The minimum absolute atomic E-state index is 0.0377. The van der Waals surface area contributed by atoms with Crippen molar-refractivity contribution in [1.29, 1.82) is 0 Å². The maximum Gasteiger partial charge on any atom is 0.330 e. The molecule has 192 valence electrons. The zero-order valence-electron chi connectivity index (χ0n) is 20.1. The maximum absolute atomic E-state index is 13.6. The van der Waals surface area contributed by atoms with E-state index < -0.39 is 32.2 Å². The number of sulfonamides is 1. The van der Waals surface area contributed by atoms with Crippen LogP contribution in [0.3, 0.4) is 0 Å². The van der Waals surface area contributed by atoms with Crippen molar-refractivity contribution in [3.05, 3.63) is 88.0 Å². The van der Waals surface area contributed by atoms with Gasteiger partial charge in [-0.2, -0.15) is 0 Å². The zero-order valence-corrected chi connectivity index (χ0v) is 20.9. The Morgan fingerprint density at radius 2 is 1.78 bits per heavy atom. The highest BCUT2D eigenvalue weighted by molar-refractivity contribution is 7.92. The molecule has 11 nitrogen and oxygen atoms in total. The van der Waals surface area contributed by atoms with Crippen LogP contribution in [0.4, 0.5) is 17.1 Å². The average molecular weight is 526 g/mol. The van der Waals surface area contributed by atoms with Crippen LogP contribution in [0, 0.1) is 10.1 Å². The summed E-state index contributed by atoms with van der Waals surface area (Å²) in [5.41, 5.74) is -0.815. The topological polar surface area (TPSA) is 145 Å². The fourth-order valence-electron chi connectivity index (χ4n) is 4.35. The van der Waals surface area contributed by atoms with Gasteiger partial charge in [-0.1, -0.05) is 24.3 Å². The Balaban J connectivity index is 1.80. The number of nitrogens with one attached hydrogen (secondary N) is 1. The SMILES string of the molecule is CCOC(=O)[C@@]1(c2ccc(NS(=O)(=O)c3ccc([N+](=O)[O-])cc3)c(OC)c2)C(=O)N(C)c2ccccc21. The second-order valence-electron chi connectivity index (χ2n) is 8.12. The molecule has 0 radical (unpaired) electrons. The minimum Gasteiger partial charge on any atom is -0.495 e. The molecule has 0 aromatic heterocycles. The molecule has 37 heavy (non-hydrogen) atoms. The van der Waals surface area contributed by atoms with Crippen LogP contribution in [-0.2, 0) is 29.8 Å². The summed E-state index contributed by atoms with van der Waals surface area (Å²) in [4.78, 5) is 38.4. The number of esters is 1. The number of hydrogen-bond acceptors (Lipinski definition) is 8. The number of methoxy groups -OCH3 is 1. The van der Waals surface area contributed by atoms with Crippen molar-refractivity contribution in [3.8, 4) is 5.75 Å². The summed E-state index contributed by atoms with van der Waals surface area (Å²) in [7, 11) is -1.27. The summed E-state index contributed by atoms with van der Waals surface area (Å²) in [5.74, 6) is -1.24. The first-order valence-corrected chi connectivity index (χ1v) is 12.6. The van der Waals surface area contributed by atoms with Crippen LogP contribution in [0.2, 0.25) is 0 Å². The molecule has 1 aliphatic heterocycles. The number of anilines is 2. The molecule has 1 N–H and O–H groups in total. The van der Waals surface area contributed by atoms with Gasteiger partial charge in [0.05, 0.1) is 29.2 Å². The van der Waals surface area contributed by atoms with Gasteiger partial charge in [-0.05, 0) is 42.8 Å². The number of fused-ring (bicyclic) bond motifs is 1. The van der Waals surface area contributed by atoms with Crippen LogP contribution in [0.5, 0.6) is 5.75 Å². The van der Waals surface area contributed by atoms with Gasteiger partial charge < -0.3 is 14.4 Å². The van der Waals surface area contributed by atoms with E-state index in [1.807, 2.05) is 0 Å². The van der Waals surface area contributed by atoms with E-state index in [4.69, 9.17) is 9.47 Å². The molecule has 4 rings (SSSR count). The Labute approximate surface area is 212 Å². The minimum atomic E-state index is -4.15. The number of non-ortho nitro benzene ring substituents is 1. The fourth-order valence-corrected chi connectivity index (χ4v) is 5.42. The lowest BCUT2D eigenvalue weighted by Gasteiger charge is -2.27. The van der Waals surface area contributed by atoms with E-state index in [-0.39, 0.29) is 34.2 Å². The second kappa shape index (κ2) is 9.54. The van der Waals surface area contributed by atoms with Gasteiger partial charge in [-0.15, -0.1) is 0 Å². The number of nitro benzene ring substituents is 1. The number of ether oxygens (including phenoxy) is 2. The van der Waals surface area contributed by atoms with Crippen LogP contribution < -0.4 is 14.4 Å². The van der Waals surface area contributed by atoms with E-state index in [0.717, 1.165) is 24.3 Å². The summed E-state index contributed by atoms with van der Waals surface area (Å²) in [6, 6.07) is 15.5. The molecule has 0 spiro atoms. The number of carbonyl (C=O) groups excluding carboxylic acids is 2. The monoisotopic (exact) mass is 525 g/mol. The third-order valence-electron chi connectivity index (χ3n) is 6.11. The average Bonchev–Trinajstić information content (AvgIpc) is 3.11. The number of carbonyl (C=O) groups is 2. The summed E-state index contributed by atoms with van der Waals surface area (Å²) in [6.07, 6.45) is 0. The molecule has 3 aromatic carbocycles. The molecule has 0 saturated heterocycles. The van der Waals surface area contributed by atoms with E-state index in [2.05, 4.69) is 4.72 Å². The molecule has 1 atom stereocenters. The van der Waals surface area contributed by atoms with Crippen molar-refractivity contribution in [2.45, 2.75) is 17.2 Å². The maximum atomic E-state index is 13.6. The van der Waals surface area contributed by atoms with Gasteiger partial charge in [0, 0.05) is 30.4 Å². The lowest BCUT2D eigenvalue weighted by molar-refractivity contribution is -0.384. The molecule has 1 amide bonds. The number of amides is 1. The van der Waals surface area contributed by atoms with Crippen molar-refractivity contribution in [1.82, 2.24) is 0 Å². The highest BCUT2D eigenvalue weighted by atomic mass is 32.2. The third kappa shape index (κ3) is 4.14. The molecule has 3 aromatic rings. The van der Waals surface area contributed by atoms with Crippen molar-refractivity contribution < 1.29 is 32.4 Å². The van der Waals surface area contributed by atoms with Gasteiger partial charge >= 0.3 is 5.97 Å². The Bertz CT molecular complexity index is 1500. The van der Waals surface area contributed by atoms with Gasteiger partial charge in [-0.3, -0.25) is 24.4 Å². The fraction of sp³-hybridized carbons (Fsp3) is 0.200. The van der Waals surface area contributed by atoms with Gasteiger partial charge in [0.25, 0.3) is 21.6 Å². The van der Waals surface area contributed by atoms with Gasteiger partial charge in [-0.25, -0.2) is 8.42 Å². The molecule has 12 heteroatoms. The van der Waals surface area contributed by atoms with E-state index >= 15 is 0 Å². The highest BCUT2D eigenvalue weighted by Gasteiger charge is 2.58. The first-order valence-electron chi connectivity index (χ1n) is 11.1. The van der Waals surface area contributed by atoms with Crippen molar-refractivity contribution in [2.24, 2.45) is 0 Å². The van der Waals surface area contributed by atoms with Crippen molar-refractivity contribution in [3.63, 3.8) is 0 Å². The normalized spacial score (nSPS) is 16.7. The van der Waals surface area contributed by atoms with Crippen molar-refractivity contribution >= 4 is 39.0 Å². The second-order valence-corrected chi connectivity index (χ2v) is 9.81. The molecule has 0 fully saturated rings. The molecule has 1 heterocycles.